The maximum absolute atomic E-state index is 12.0. The number of nitrogens with zero attached hydrogens (tertiary/aromatic N) is 2. The average molecular weight is 241 g/mol. The third kappa shape index (κ3) is 3.87. The summed E-state index contributed by atoms with van der Waals surface area (Å²) in [6, 6.07) is 1.23. The highest BCUT2D eigenvalue weighted by Gasteiger charge is 2.27. The zero-order chi connectivity index (χ0) is 12.8. The fraction of sp³-hybridized carbons (Fsp3) is 0.923. The van der Waals surface area contributed by atoms with E-state index in [9.17, 15) is 4.79 Å². The Balaban J connectivity index is 2.40. The molecule has 1 rings (SSSR count). The molecule has 2 amide bonds. The topological polar surface area (TPSA) is 35.6 Å². The summed E-state index contributed by atoms with van der Waals surface area (Å²) < 4.78 is 0. The predicted molar refractivity (Wildman–Crippen MR) is 71.2 cm³/mol. The van der Waals surface area contributed by atoms with Gasteiger partial charge < -0.3 is 15.1 Å². The molecular weight excluding hydrogens is 214 g/mol. The van der Waals surface area contributed by atoms with E-state index >= 15 is 0 Å². The molecule has 0 aromatic heterocycles. The smallest absolute Gasteiger partial charge is 0.319 e. The van der Waals surface area contributed by atoms with Crippen molar-refractivity contribution in [1.82, 2.24) is 15.1 Å². The van der Waals surface area contributed by atoms with Gasteiger partial charge in [0.1, 0.15) is 0 Å². The summed E-state index contributed by atoms with van der Waals surface area (Å²) in [6.45, 7) is 5.98. The van der Waals surface area contributed by atoms with Crippen LogP contribution in [0.1, 0.15) is 39.5 Å². The number of urea groups is 1. The SMILES string of the molecule is CCNC1CCC(N(C)C(=O)N(C)CC)CC1. The van der Waals surface area contributed by atoms with E-state index in [1.807, 2.05) is 25.9 Å². The summed E-state index contributed by atoms with van der Waals surface area (Å²) in [5.74, 6) is 0. The molecule has 4 nitrogen and oxygen atoms in total. The first-order valence-electron chi connectivity index (χ1n) is 6.81. The maximum Gasteiger partial charge on any atom is 0.319 e. The van der Waals surface area contributed by atoms with E-state index in [1.54, 1.807) is 4.90 Å². The van der Waals surface area contributed by atoms with Gasteiger partial charge in [-0.25, -0.2) is 4.79 Å². The van der Waals surface area contributed by atoms with Crippen LogP contribution in [-0.4, -0.2) is 55.1 Å². The molecule has 0 aromatic rings. The fourth-order valence-electron chi connectivity index (χ4n) is 2.52. The molecule has 0 atom stereocenters. The molecule has 0 unspecified atom stereocenters. The molecule has 100 valence electrons. The molecule has 1 saturated carbocycles. The monoisotopic (exact) mass is 241 g/mol. The molecule has 1 N–H and O–H groups in total. The number of carbonyl (C=O) groups is 1. The molecule has 0 heterocycles. The van der Waals surface area contributed by atoms with E-state index in [4.69, 9.17) is 0 Å². The average Bonchev–Trinajstić information content (AvgIpc) is 2.37. The summed E-state index contributed by atoms with van der Waals surface area (Å²) >= 11 is 0. The molecule has 1 fully saturated rings. The van der Waals surface area contributed by atoms with Crippen LogP contribution in [0.15, 0.2) is 0 Å². The zero-order valence-corrected chi connectivity index (χ0v) is 11.7. The normalized spacial score (nSPS) is 24.5. The van der Waals surface area contributed by atoms with Crippen LogP contribution in [0.25, 0.3) is 0 Å². The van der Waals surface area contributed by atoms with Crippen molar-refractivity contribution < 1.29 is 4.79 Å². The predicted octanol–water partition coefficient (Wildman–Crippen LogP) is 1.91. The van der Waals surface area contributed by atoms with E-state index in [0.29, 0.717) is 12.1 Å². The third-order valence-corrected chi connectivity index (χ3v) is 3.84. The van der Waals surface area contributed by atoms with Gasteiger partial charge in [0.05, 0.1) is 0 Å². The Morgan fingerprint density at radius 2 is 1.76 bits per heavy atom. The highest BCUT2D eigenvalue weighted by molar-refractivity contribution is 5.74. The number of rotatable bonds is 4. The first-order valence-corrected chi connectivity index (χ1v) is 6.81. The number of amides is 2. The van der Waals surface area contributed by atoms with Gasteiger partial charge in [0.2, 0.25) is 0 Å². The van der Waals surface area contributed by atoms with Crippen LogP contribution < -0.4 is 5.32 Å². The van der Waals surface area contributed by atoms with Crippen LogP contribution in [-0.2, 0) is 0 Å². The molecule has 4 heteroatoms. The van der Waals surface area contributed by atoms with Gasteiger partial charge in [0.15, 0.2) is 0 Å². The molecule has 0 aliphatic heterocycles. The summed E-state index contributed by atoms with van der Waals surface area (Å²) in [5.41, 5.74) is 0. The third-order valence-electron chi connectivity index (χ3n) is 3.84. The Hall–Kier alpha value is -0.770. The maximum atomic E-state index is 12.0. The van der Waals surface area contributed by atoms with Crippen molar-refractivity contribution in [3.8, 4) is 0 Å². The van der Waals surface area contributed by atoms with Gasteiger partial charge in [0.25, 0.3) is 0 Å². The number of nitrogens with one attached hydrogen (secondary N) is 1. The second-order valence-electron chi connectivity index (χ2n) is 4.97. The van der Waals surface area contributed by atoms with Gasteiger partial charge in [0, 0.05) is 32.7 Å². The first kappa shape index (κ1) is 14.3. The lowest BCUT2D eigenvalue weighted by Gasteiger charge is -2.36. The first-order chi connectivity index (χ1) is 8.10. The van der Waals surface area contributed by atoms with E-state index in [-0.39, 0.29) is 6.03 Å². The molecule has 1 aliphatic carbocycles. The highest BCUT2D eigenvalue weighted by Crippen LogP contribution is 2.22. The summed E-state index contributed by atoms with van der Waals surface area (Å²) in [7, 11) is 3.80. The van der Waals surface area contributed by atoms with Crippen molar-refractivity contribution in [3.05, 3.63) is 0 Å². The lowest BCUT2D eigenvalue weighted by atomic mass is 9.90. The highest BCUT2D eigenvalue weighted by atomic mass is 16.2. The second kappa shape index (κ2) is 6.84. The van der Waals surface area contributed by atoms with Crippen LogP contribution >= 0.6 is 0 Å². The van der Waals surface area contributed by atoms with Gasteiger partial charge in [-0.2, -0.15) is 0 Å². The van der Waals surface area contributed by atoms with Gasteiger partial charge in [-0.1, -0.05) is 6.92 Å². The standard InChI is InChI=1S/C13H27N3O/c1-5-14-11-7-9-12(10-8-11)16(4)13(17)15(3)6-2/h11-12,14H,5-10H2,1-4H3. The van der Waals surface area contributed by atoms with E-state index in [0.717, 1.165) is 25.9 Å². The summed E-state index contributed by atoms with van der Waals surface area (Å²) in [4.78, 5) is 15.7. The molecule has 0 spiro atoms. The van der Waals surface area contributed by atoms with Crippen LogP contribution in [0.4, 0.5) is 4.79 Å². The van der Waals surface area contributed by atoms with Gasteiger partial charge in [-0.05, 0) is 39.2 Å². The van der Waals surface area contributed by atoms with Crippen molar-refractivity contribution in [1.29, 1.82) is 0 Å². The zero-order valence-electron chi connectivity index (χ0n) is 11.7. The van der Waals surface area contributed by atoms with Crippen molar-refractivity contribution in [2.45, 2.75) is 51.6 Å². The Morgan fingerprint density at radius 1 is 1.18 bits per heavy atom. The fourth-order valence-corrected chi connectivity index (χ4v) is 2.52. The van der Waals surface area contributed by atoms with Crippen LogP contribution in [0.3, 0.4) is 0 Å². The minimum Gasteiger partial charge on any atom is -0.328 e. The minimum absolute atomic E-state index is 0.152. The summed E-state index contributed by atoms with van der Waals surface area (Å²) in [6.07, 6.45) is 4.62. The summed E-state index contributed by atoms with van der Waals surface area (Å²) in [5, 5.41) is 3.49. The molecule has 0 aromatic carbocycles. The lowest BCUT2D eigenvalue weighted by molar-refractivity contribution is 0.139. The quantitative estimate of drug-likeness (QED) is 0.816. The Bertz CT molecular complexity index is 237. The van der Waals surface area contributed by atoms with Crippen molar-refractivity contribution in [3.63, 3.8) is 0 Å². The van der Waals surface area contributed by atoms with Crippen molar-refractivity contribution >= 4 is 6.03 Å². The van der Waals surface area contributed by atoms with Crippen LogP contribution in [0.2, 0.25) is 0 Å². The number of hydrogen-bond acceptors (Lipinski definition) is 2. The van der Waals surface area contributed by atoms with E-state index < -0.39 is 0 Å². The lowest BCUT2D eigenvalue weighted by Crippen LogP contribution is -2.47. The van der Waals surface area contributed by atoms with Crippen molar-refractivity contribution in [2.75, 3.05) is 27.2 Å². The molecule has 0 bridgehead atoms. The van der Waals surface area contributed by atoms with Crippen LogP contribution in [0.5, 0.6) is 0 Å². The number of carbonyl (C=O) groups excluding carboxylic acids is 1. The van der Waals surface area contributed by atoms with E-state index in [2.05, 4.69) is 12.2 Å². The Labute approximate surface area is 105 Å². The Morgan fingerprint density at radius 3 is 2.24 bits per heavy atom. The van der Waals surface area contributed by atoms with Crippen LogP contribution in [0, 0.1) is 0 Å². The second-order valence-corrected chi connectivity index (χ2v) is 4.97. The van der Waals surface area contributed by atoms with Gasteiger partial charge >= 0.3 is 6.03 Å². The van der Waals surface area contributed by atoms with Gasteiger partial charge in [-0.3, -0.25) is 0 Å². The largest absolute Gasteiger partial charge is 0.328 e. The van der Waals surface area contributed by atoms with Gasteiger partial charge in [-0.15, -0.1) is 0 Å². The minimum atomic E-state index is 0.152. The Kier molecular flexibility index (Phi) is 5.75. The molecule has 17 heavy (non-hydrogen) atoms. The molecule has 1 aliphatic rings. The van der Waals surface area contributed by atoms with Crippen molar-refractivity contribution in [2.24, 2.45) is 0 Å². The number of hydrogen-bond donors (Lipinski definition) is 1. The van der Waals surface area contributed by atoms with E-state index in [1.165, 1.54) is 12.8 Å². The molecule has 0 saturated heterocycles. The molecular formula is C13H27N3O. The molecule has 0 radical (unpaired) electrons.